The van der Waals surface area contributed by atoms with Gasteiger partial charge in [0.15, 0.2) is 0 Å². The smallest absolute Gasteiger partial charge is 0.258 e. The van der Waals surface area contributed by atoms with Crippen LogP contribution in [-0.2, 0) is 21.4 Å². The lowest BCUT2D eigenvalue weighted by molar-refractivity contribution is -0.110. The van der Waals surface area contributed by atoms with Gasteiger partial charge in [-0.05, 0) is 62.5 Å². The minimum Gasteiger partial charge on any atom is -0.354 e. The molecular formula is C26H28N4O3S. The van der Waals surface area contributed by atoms with E-state index in [0.29, 0.717) is 28.2 Å². The van der Waals surface area contributed by atoms with Crippen LogP contribution in [-0.4, -0.2) is 39.1 Å². The van der Waals surface area contributed by atoms with E-state index in [1.165, 1.54) is 0 Å². The first-order valence-electron chi connectivity index (χ1n) is 11.0. The Labute approximate surface area is 200 Å². The molecule has 0 saturated heterocycles. The highest BCUT2D eigenvalue weighted by Gasteiger charge is 2.29. The Morgan fingerprint density at radius 1 is 0.941 bits per heavy atom. The lowest BCUT2D eigenvalue weighted by Gasteiger charge is -2.17. The first-order chi connectivity index (χ1) is 16.3. The molecule has 1 aliphatic rings. The number of sulfonamides is 1. The molecule has 0 aromatic heterocycles. The summed E-state index contributed by atoms with van der Waals surface area (Å²) in [6, 6.07) is 22.8. The first kappa shape index (κ1) is 23.5. The Morgan fingerprint density at radius 3 is 2.41 bits per heavy atom. The van der Waals surface area contributed by atoms with E-state index in [4.69, 9.17) is 0 Å². The van der Waals surface area contributed by atoms with Crippen LogP contribution in [0.2, 0.25) is 0 Å². The van der Waals surface area contributed by atoms with E-state index in [1.54, 1.807) is 25.1 Å². The van der Waals surface area contributed by atoms with Gasteiger partial charge in [-0.3, -0.25) is 9.52 Å². The van der Waals surface area contributed by atoms with Crippen molar-refractivity contribution in [1.82, 2.24) is 4.90 Å². The largest absolute Gasteiger partial charge is 0.354 e. The van der Waals surface area contributed by atoms with Gasteiger partial charge in [-0.15, -0.1) is 0 Å². The maximum atomic E-state index is 13.1. The molecule has 0 fully saturated rings. The number of fused-ring (bicyclic) bond motifs is 1. The van der Waals surface area contributed by atoms with Gasteiger partial charge < -0.3 is 15.5 Å². The molecule has 8 heteroatoms. The zero-order chi connectivity index (χ0) is 24.3. The molecule has 3 N–H and O–H groups in total. The molecule has 0 radical (unpaired) electrons. The number of carbonyl (C=O) groups excluding carboxylic acids is 1. The van der Waals surface area contributed by atoms with Crippen molar-refractivity contribution in [3.63, 3.8) is 0 Å². The molecule has 3 aromatic rings. The molecule has 0 bridgehead atoms. The van der Waals surface area contributed by atoms with Crippen LogP contribution in [0.1, 0.15) is 23.6 Å². The summed E-state index contributed by atoms with van der Waals surface area (Å²) in [6.45, 7) is 2.37. The molecule has 1 amide bonds. The van der Waals surface area contributed by atoms with E-state index in [9.17, 15) is 13.2 Å². The quantitative estimate of drug-likeness (QED) is 0.418. The van der Waals surface area contributed by atoms with Gasteiger partial charge in [0.1, 0.15) is 0 Å². The summed E-state index contributed by atoms with van der Waals surface area (Å²) in [5, 5.41) is 6.37. The van der Waals surface area contributed by atoms with E-state index in [1.807, 2.05) is 56.6 Å². The van der Waals surface area contributed by atoms with Crippen LogP contribution in [0.4, 0.5) is 17.1 Å². The van der Waals surface area contributed by atoms with Gasteiger partial charge in [0, 0.05) is 29.2 Å². The van der Waals surface area contributed by atoms with Crippen LogP contribution in [0, 0.1) is 0 Å². The zero-order valence-electron chi connectivity index (χ0n) is 19.4. The molecule has 0 atom stereocenters. The van der Waals surface area contributed by atoms with Gasteiger partial charge in [-0.2, -0.15) is 0 Å². The van der Waals surface area contributed by atoms with Crippen molar-refractivity contribution in [2.75, 3.05) is 35.2 Å². The van der Waals surface area contributed by atoms with E-state index < -0.39 is 10.0 Å². The lowest BCUT2D eigenvalue weighted by Crippen LogP contribution is -2.14. The molecule has 1 aliphatic heterocycles. The van der Waals surface area contributed by atoms with E-state index in [2.05, 4.69) is 32.4 Å². The van der Waals surface area contributed by atoms with Crippen molar-refractivity contribution in [3.05, 3.63) is 89.5 Å². The second kappa shape index (κ2) is 9.70. The minimum absolute atomic E-state index is 0.0376. The highest BCUT2D eigenvalue weighted by molar-refractivity contribution is 7.92. The van der Waals surface area contributed by atoms with Crippen molar-refractivity contribution in [2.45, 2.75) is 13.5 Å². The molecule has 7 nitrogen and oxygen atoms in total. The summed E-state index contributed by atoms with van der Waals surface area (Å²) in [5.41, 5.74) is 5.63. The number of hydrogen-bond acceptors (Lipinski definition) is 5. The van der Waals surface area contributed by atoms with Crippen LogP contribution in [0.5, 0.6) is 0 Å². The van der Waals surface area contributed by atoms with Crippen molar-refractivity contribution in [3.8, 4) is 0 Å². The zero-order valence-corrected chi connectivity index (χ0v) is 20.2. The Balaban J connectivity index is 1.83. The first-order valence-corrected chi connectivity index (χ1v) is 12.7. The molecule has 0 aliphatic carbocycles. The van der Waals surface area contributed by atoms with Crippen molar-refractivity contribution in [1.29, 1.82) is 0 Å². The molecule has 3 aromatic carbocycles. The van der Waals surface area contributed by atoms with Crippen molar-refractivity contribution in [2.24, 2.45) is 0 Å². The minimum atomic E-state index is -3.45. The highest BCUT2D eigenvalue weighted by atomic mass is 32.2. The molecule has 0 spiro atoms. The third-order valence-electron chi connectivity index (χ3n) is 5.43. The summed E-state index contributed by atoms with van der Waals surface area (Å²) >= 11 is 0. The number of hydrogen-bond donors (Lipinski definition) is 3. The van der Waals surface area contributed by atoms with Gasteiger partial charge in [0.05, 0.1) is 17.0 Å². The Kier molecular flexibility index (Phi) is 6.72. The maximum absolute atomic E-state index is 13.1. The van der Waals surface area contributed by atoms with Crippen LogP contribution in [0.25, 0.3) is 11.3 Å². The van der Waals surface area contributed by atoms with Gasteiger partial charge in [-0.1, -0.05) is 42.5 Å². The molecule has 176 valence electrons. The number of amides is 1. The Bertz CT molecular complexity index is 1350. The Hall–Kier alpha value is -3.62. The molecule has 1 heterocycles. The van der Waals surface area contributed by atoms with Crippen LogP contribution < -0.4 is 15.4 Å². The normalized spacial score (nSPS) is 14.5. The second-order valence-electron chi connectivity index (χ2n) is 8.40. The predicted molar refractivity (Wildman–Crippen MR) is 139 cm³/mol. The van der Waals surface area contributed by atoms with E-state index in [-0.39, 0.29) is 11.7 Å². The number of carbonyl (C=O) groups is 1. The standard InChI is InChI=1S/C26H28N4O3S/c1-4-34(32,33)29-21-13-14-23-22(16-21)24(26(31)28-23)25(19-10-6-5-7-11-19)27-20-12-8-9-18(15-20)17-30(2)3/h5-16,27,29H,4,17H2,1-3H3,(H,28,31). The highest BCUT2D eigenvalue weighted by Crippen LogP contribution is 2.39. The topological polar surface area (TPSA) is 90.5 Å². The summed E-state index contributed by atoms with van der Waals surface area (Å²) in [6.07, 6.45) is 0. The molecule has 0 saturated carbocycles. The number of nitrogens with one attached hydrogen (secondary N) is 3. The average Bonchev–Trinajstić information content (AvgIpc) is 3.12. The number of anilines is 3. The van der Waals surface area contributed by atoms with Crippen LogP contribution >= 0.6 is 0 Å². The third-order valence-corrected chi connectivity index (χ3v) is 6.73. The summed E-state index contributed by atoms with van der Waals surface area (Å²) in [4.78, 5) is 15.2. The molecule has 0 unspecified atom stereocenters. The Morgan fingerprint density at radius 2 is 1.71 bits per heavy atom. The molecular weight excluding hydrogens is 448 g/mol. The summed E-state index contributed by atoms with van der Waals surface area (Å²) < 4.78 is 26.8. The van der Waals surface area contributed by atoms with Crippen molar-refractivity contribution >= 4 is 44.3 Å². The summed E-state index contributed by atoms with van der Waals surface area (Å²) in [7, 11) is 0.583. The van der Waals surface area contributed by atoms with Crippen molar-refractivity contribution < 1.29 is 13.2 Å². The third kappa shape index (κ3) is 5.30. The molecule has 34 heavy (non-hydrogen) atoms. The summed E-state index contributed by atoms with van der Waals surface area (Å²) in [5.74, 6) is -0.286. The maximum Gasteiger partial charge on any atom is 0.258 e. The second-order valence-corrected chi connectivity index (χ2v) is 10.4. The fourth-order valence-corrected chi connectivity index (χ4v) is 4.50. The van der Waals surface area contributed by atoms with Gasteiger partial charge in [0.2, 0.25) is 10.0 Å². The number of benzene rings is 3. The van der Waals surface area contributed by atoms with Gasteiger partial charge >= 0.3 is 0 Å². The number of nitrogens with zero attached hydrogens (tertiary/aromatic N) is 1. The van der Waals surface area contributed by atoms with E-state index in [0.717, 1.165) is 23.4 Å². The molecule has 4 rings (SSSR count). The number of rotatable bonds is 8. The fraction of sp³-hybridized carbons (Fsp3) is 0.192. The lowest BCUT2D eigenvalue weighted by atomic mass is 9.99. The fourth-order valence-electron chi connectivity index (χ4n) is 3.87. The van der Waals surface area contributed by atoms with Gasteiger partial charge in [-0.25, -0.2) is 8.42 Å². The SMILES string of the molecule is CCS(=O)(=O)Nc1ccc2c(c1)C(=C(Nc1cccc(CN(C)C)c1)c1ccccc1)C(=O)N2. The van der Waals surface area contributed by atoms with Crippen LogP contribution in [0.15, 0.2) is 72.8 Å². The monoisotopic (exact) mass is 476 g/mol. The van der Waals surface area contributed by atoms with E-state index >= 15 is 0 Å². The van der Waals surface area contributed by atoms with Gasteiger partial charge in [0.25, 0.3) is 5.91 Å². The van der Waals surface area contributed by atoms with Crippen LogP contribution in [0.3, 0.4) is 0 Å². The average molecular weight is 477 g/mol. The predicted octanol–water partition coefficient (Wildman–Crippen LogP) is 4.44.